The fourth-order valence-electron chi connectivity index (χ4n) is 1.36. The highest BCUT2D eigenvalue weighted by atomic mass is 16.4. The van der Waals surface area contributed by atoms with Gasteiger partial charge in [-0.1, -0.05) is 17.3 Å². The molecule has 0 bridgehead atoms. The molecule has 0 fully saturated rings. The van der Waals surface area contributed by atoms with E-state index in [9.17, 15) is 4.79 Å². The minimum Gasteiger partial charge on any atom is -0.409 e. The van der Waals surface area contributed by atoms with Crippen molar-refractivity contribution in [2.45, 2.75) is 26.3 Å². The highest BCUT2D eigenvalue weighted by molar-refractivity contribution is 6.05. The van der Waals surface area contributed by atoms with Crippen LogP contribution in [0.5, 0.6) is 0 Å². The van der Waals surface area contributed by atoms with Crippen LogP contribution in [0.4, 0.5) is 10.5 Å². The van der Waals surface area contributed by atoms with E-state index in [1.807, 2.05) is 20.8 Å². The van der Waals surface area contributed by atoms with Crippen LogP contribution < -0.4 is 16.4 Å². The maximum atomic E-state index is 11.7. The highest BCUT2D eigenvalue weighted by Crippen LogP contribution is 2.14. The molecule has 1 rings (SSSR count). The molecule has 0 aliphatic heterocycles. The van der Waals surface area contributed by atoms with Gasteiger partial charge in [-0.25, -0.2) is 4.79 Å². The number of nitrogens with one attached hydrogen (secondary N) is 2. The molecule has 98 valence electrons. The second-order valence-corrected chi connectivity index (χ2v) is 4.86. The number of nitrogens with zero attached hydrogens (tertiary/aromatic N) is 1. The van der Waals surface area contributed by atoms with Gasteiger partial charge in [0.1, 0.15) is 0 Å². The van der Waals surface area contributed by atoms with Crippen molar-refractivity contribution >= 4 is 17.6 Å². The Kier molecular flexibility index (Phi) is 4.14. The van der Waals surface area contributed by atoms with Gasteiger partial charge < -0.3 is 21.6 Å². The van der Waals surface area contributed by atoms with E-state index in [0.717, 1.165) is 0 Å². The number of oxime groups is 1. The van der Waals surface area contributed by atoms with E-state index >= 15 is 0 Å². The number of carbonyl (C=O) groups is 1. The van der Waals surface area contributed by atoms with Gasteiger partial charge in [-0.15, -0.1) is 0 Å². The number of urea groups is 1. The smallest absolute Gasteiger partial charge is 0.319 e. The van der Waals surface area contributed by atoms with Gasteiger partial charge in [0, 0.05) is 11.1 Å². The lowest BCUT2D eigenvalue weighted by Gasteiger charge is -2.21. The van der Waals surface area contributed by atoms with E-state index in [0.29, 0.717) is 11.3 Å². The van der Waals surface area contributed by atoms with Crippen LogP contribution in [0.25, 0.3) is 0 Å². The van der Waals surface area contributed by atoms with E-state index in [2.05, 4.69) is 15.8 Å². The third kappa shape index (κ3) is 3.97. The van der Waals surface area contributed by atoms with E-state index in [-0.39, 0.29) is 17.4 Å². The van der Waals surface area contributed by atoms with Gasteiger partial charge in [-0.3, -0.25) is 0 Å². The van der Waals surface area contributed by atoms with E-state index in [1.165, 1.54) is 0 Å². The predicted octanol–water partition coefficient (Wildman–Crippen LogP) is 1.70. The SMILES string of the molecule is CC(C)(C)NC(=O)Nc1ccccc1/C(N)=N/O. The summed E-state index contributed by atoms with van der Waals surface area (Å²) in [5, 5.41) is 17.0. The van der Waals surface area contributed by atoms with Gasteiger partial charge in [-0.2, -0.15) is 0 Å². The van der Waals surface area contributed by atoms with Gasteiger partial charge in [0.25, 0.3) is 0 Å². The standard InChI is InChI=1S/C12H18N4O2/c1-12(2,3)15-11(17)14-9-7-5-4-6-8(9)10(13)16-18/h4-7,18H,1-3H3,(H2,13,16)(H2,14,15,17). The lowest BCUT2D eigenvalue weighted by molar-refractivity contribution is 0.244. The molecule has 6 heteroatoms. The van der Waals surface area contributed by atoms with Crippen LogP contribution in [0, 0.1) is 0 Å². The molecular formula is C12H18N4O2. The van der Waals surface area contributed by atoms with Crippen molar-refractivity contribution in [2.24, 2.45) is 10.9 Å². The number of rotatable bonds is 2. The number of hydrogen-bond donors (Lipinski definition) is 4. The Morgan fingerprint density at radius 1 is 1.33 bits per heavy atom. The van der Waals surface area contributed by atoms with E-state index in [1.54, 1.807) is 24.3 Å². The number of carbonyl (C=O) groups excluding carboxylic acids is 1. The molecule has 2 amide bonds. The van der Waals surface area contributed by atoms with Crippen molar-refractivity contribution in [3.05, 3.63) is 29.8 Å². The normalized spacial score (nSPS) is 12.1. The molecule has 0 unspecified atom stereocenters. The molecule has 0 radical (unpaired) electrons. The topological polar surface area (TPSA) is 99.7 Å². The second-order valence-electron chi connectivity index (χ2n) is 4.86. The van der Waals surface area contributed by atoms with Crippen LogP contribution >= 0.6 is 0 Å². The monoisotopic (exact) mass is 250 g/mol. The fourth-order valence-corrected chi connectivity index (χ4v) is 1.36. The molecule has 0 saturated heterocycles. The Balaban J connectivity index is 2.88. The second kappa shape index (κ2) is 5.39. The first-order valence-corrected chi connectivity index (χ1v) is 5.49. The number of amides is 2. The third-order valence-electron chi connectivity index (χ3n) is 2.05. The molecule has 18 heavy (non-hydrogen) atoms. The molecule has 0 heterocycles. The number of amidine groups is 1. The van der Waals surface area contributed by atoms with E-state index < -0.39 is 0 Å². The maximum Gasteiger partial charge on any atom is 0.319 e. The summed E-state index contributed by atoms with van der Waals surface area (Å²) in [6.45, 7) is 5.63. The van der Waals surface area contributed by atoms with Crippen LogP contribution in [0.15, 0.2) is 29.4 Å². The quantitative estimate of drug-likeness (QED) is 0.278. The molecule has 0 aliphatic carbocycles. The molecule has 0 spiro atoms. The molecular weight excluding hydrogens is 232 g/mol. The number of para-hydroxylation sites is 1. The van der Waals surface area contributed by atoms with Crippen LogP contribution in [0.2, 0.25) is 0 Å². The van der Waals surface area contributed by atoms with Crippen molar-refractivity contribution < 1.29 is 10.0 Å². The van der Waals surface area contributed by atoms with Gasteiger partial charge in [0.2, 0.25) is 0 Å². The largest absolute Gasteiger partial charge is 0.409 e. The van der Waals surface area contributed by atoms with Crippen LogP contribution in [-0.4, -0.2) is 22.6 Å². The molecule has 0 atom stereocenters. The summed E-state index contributed by atoms with van der Waals surface area (Å²) in [4.78, 5) is 11.7. The number of benzene rings is 1. The zero-order valence-corrected chi connectivity index (χ0v) is 10.7. The molecule has 1 aromatic carbocycles. The molecule has 6 nitrogen and oxygen atoms in total. The van der Waals surface area contributed by atoms with Gasteiger partial charge >= 0.3 is 6.03 Å². The minimum atomic E-state index is -0.347. The summed E-state index contributed by atoms with van der Waals surface area (Å²) in [6.07, 6.45) is 0. The summed E-state index contributed by atoms with van der Waals surface area (Å²) in [6, 6.07) is 6.47. The molecule has 5 N–H and O–H groups in total. The number of anilines is 1. The highest BCUT2D eigenvalue weighted by Gasteiger charge is 2.15. The minimum absolute atomic E-state index is 0.0540. The Morgan fingerprint density at radius 3 is 2.50 bits per heavy atom. The molecule has 1 aromatic rings. The zero-order valence-electron chi connectivity index (χ0n) is 10.7. The number of nitrogens with two attached hydrogens (primary N) is 1. The van der Waals surface area contributed by atoms with Crippen molar-refractivity contribution in [1.82, 2.24) is 5.32 Å². The summed E-state index contributed by atoms with van der Waals surface area (Å²) in [5.41, 5.74) is 6.13. The lowest BCUT2D eigenvalue weighted by atomic mass is 10.1. The Labute approximate surface area is 106 Å². The van der Waals surface area contributed by atoms with Crippen LogP contribution in [-0.2, 0) is 0 Å². The summed E-state index contributed by atoms with van der Waals surface area (Å²) in [7, 11) is 0. The molecule has 0 aromatic heterocycles. The Bertz CT molecular complexity index is 463. The van der Waals surface area contributed by atoms with Gasteiger partial charge in [-0.05, 0) is 32.9 Å². The van der Waals surface area contributed by atoms with Crippen LogP contribution in [0.3, 0.4) is 0 Å². The summed E-state index contributed by atoms with van der Waals surface area (Å²) >= 11 is 0. The Morgan fingerprint density at radius 2 is 1.94 bits per heavy atom. The van der Waals surface area contributed by atoms with Gasteiger partial charge in [0.15, 0.2) is 5.84 Å². The van der Waals surface area contributed by atoms with Crippen molar-refractivity contribution in [3.8, 4) is 0 Å². The van der Waals surface area contributed by atoms with Crippen molar-refractivity contribution in [3.63, 3.8) is 0 Å². The zero-order chi connectivity index (χ0) is 13.8. The van der Waals surface area contributed by atoms with Crippen molar-refractivity contribution in [2.75, 3.05) is 5.32 Å². The fraction of sp³-hybridized carbons (Fsp3) is 0.333. The predicted molar refractivity (Wildman–Crippen MR) is 70.9 cm³/mol. The average molecular weight is 250 g/mol. The first kappa shape index (κ1) is 13.8. The van der Waals surface area contributed by atoms with E-state index in [4.69, 9.17) is 10.9 Å². The first-order chi connectivity index (χ1) is 8.33. The summed E-state index contributed by atoms with van der Waals surface area (Å²) < 4.78 is 0. The maximum absolute atomic E-state index is 11.7. The summed E-state index contributed by atoms with van der Waals surface area (Å²) in [5.74, 6) is -0.0540. The average Bonchev–Trinajstić information content (AvgIpc) is 2.26. The Hall–Kier alpha value is -2.24. The lowest BCUT2D eigenvalue weighted by Crippen LogP contribution is -2.43. The van der Waals surface area contributed by atoms with Crippen molar-refractivity contribution in [1.29, 1.82) is 0 Å². The number of hydrogen-bond acceptors (Lipinski definition) is 3. The first-order valence-electron chi connectivity index (χ1n) is 5.49. The third-order valence-corrected chi connectivity index (χ3v) is 2.05. The van der Waals surface area contributed by atoms with Gasteiger partial charge in [0.05, 0.1) is 5.69 Å². The molecule has 0 saturated carbocycles. The molecule has 0 aliphatic rings. The van der Waals surface area contributed by atoms with Crippen LogP contribution in [0.1, 0.15) is 26.3 Å².